The molecule has 4 rings (SSSR count). The van der Waals surface area contributed by atoms with E-state index in [0.717, 1.165) is 30.2 Å². The van der Waals surface area contributed by atoms with Crippen LogP contribution >= 0.6 is 0 Å². The van der Waals surface area contributed by atoms with Crippen molar-refractivity contribution in [3.8, 4) is 5.75 Å². The Kier molecular flexibility index (Phi) is 11.5. The third-order valence-corrected chi connectivity index (χ3v) is 8.30. The molecule has 0 bridgehead atoms. The lowest BCUT2D eigenvalue weighted by Crippen LogP contribution is -2.43. The lowest BCUT2D eigenvalue weighted by Gasteiger charge is -2.31. The zero-order chi connectivity index (χ0) is 35.2. The first-order valence-corrected chi connectivity index (χ1v) is 16.0. The number of Topliss-reactive ketones (excluding diaryl/α,β-unsaturated/α-hetero) is 1. The van der Waals surface area contributed by atoms with E-state index in [4.69, 9.17) is 14.2 Å². The Morgan fingerprint density at radius 3 is 2.29 bits per heavy atom. The average molecular weight is 665 g/mol. The molecule has 1 aromatic carbocycles. The fraction of sp³-hybridized carbons (Fsp3) is 0.486. The number of allylic oxidation sites excluding steroid dienone is 2. The van der Waals surface area contributed by atoms with Crippen LogP contribution in [0.5, 0.6) is 5.75 Å². The molecule has 1 saturated heterocycles. The number of amides is 4. The summed E-state index contributed by atoms with van der Waals surface area (Å²) in [4.78, 5) is 77.6. The number of aromatic nitrogens is 1. The second-order valence-corrected chi connectivity index (χ2v) is 12.9. The highest BCUT2D eigenvalue weighted by Gasteiger charge is 2.39. The normalized spacial score (nSPS) is 16.3. The van der Waals surface area contributed by atoms with Gasteiger partial charge in [-0.1, -0.05) is 12.1 Å². The molecule has 1 atom stereocenters. The summed E-state index contributed by atoms with van der Waals surface area (Å²) < 4.78 is 17.5. The lowest BCUT2D eigenvalue weighted by atomic mass is 9.88. The molecule has 2 aliphatic rings. The predicted octanol–water partition coefficient (Wildman–Crippen LogP) is 3.87. The van der Waals surface area contributed by atoms with Crippen LogP contribution in [-0.4, -0.2) is 77.3 Å². The summed E-state index contributed by atoms with van der Waals surface area (Å²) >= 11 is 0. The molecule has 13 nitrogen and oxygen atoms in total. The zero-order valence-electron chi connectivity index (χ0n) is 28.4. The zero-order valence-corrected chi connectivity index (χ0v) is 28.4. The van der Waals surface area contributed by atoms with Crippen LogP contribution in [0, 0.1) is 6.92 Å². The maximum Gasteiger partial charge on any atom is 0.407 e. The first-order chi connectivity index (χ1) is 22.7. The van der Waals surface area contributed by atoms with Crippen LogP contribution < -0.4 is 15.4 Å². The van der Waals surface area contributed by atoms with E-state index in [-0.39, 0.29) is 54.2 Å². The minimum Gasteiger partial charge on any atom is -0.492 e. The number of likely N-dealkylation sites (tertiary alicyclic amines) is 1. The fourth-order valence-electron chi connectivity index (χ4n) is 5.74. The maximum atomic E-state index is 13.7. The smallest absolute Gasteiger partial charge is 0.407 e. The van der Waals surface area contributed by atoms with Gasteiger partial charge in [0.05, 0.1) is 25.1 Å². The lowest BCUT2D eigenvalue weighted by molar-refractivity contribution is -0.150. The molecule has 0 saturated carbocycles. The van der Waals surface area contributed by atoms with E-state index in [2.05, 4.69) is 10.6 Å². The van der Waals surface area contributed by atoms with Crippen LogP contribution in [0.3, 0.4) is 0 Å². The highest BCUT2D eigenvalue weighted by atomic mass is 16.6. The van der Waals surface area contributed by atoms with Crippen LogP contribution in [0.4, 0.5) is 4.79 Å². The molecule has 2 aromatic rings. The van der Waals surface area contributed by atoms with Crippen molar-refractivity contribution in [1.82, 2.24) is 20.1 Å². The van der Waals surface area contributed by atoms with Crippen LogP contribution in [-0.2, 0) is 37.4 Å². The fourth-order valence-corrected chi connectivity index (χ4v) is 5.74. The third kappa shape index (κ3) is 8.50. The topological polar surface area (TPSA) is 162 Å². The minimum absolute atomic E-state index is 0.0881. The van der Waals surface area contributed by atoms with E-state index in [1.54, 1.807) is 63.6 Å². The van der Waals surface area contributed by atoms with Crippen LogP contribution in [0.25, 0.3) is 0 Å². The Morgan fingerprint density at radius 2 is 1.65 bits per heavy atom. The molecule has 13 heteroatoms. The van der Waals surface area contributed by atoms with Crippen LogP contribution in [0.1, 0.15) is 96.5 Å². The van der Waals surface area contributed by atoms with Gasteiger partial charge in [0.25, 0.3) is 5.91 Å². The number of nitrogens with zero attached hydrogens (tertiary/aromatic N) is 2. The summed E-state index contributed by atoms with van der Waals surface area (Å²) in [6.07, 6.45) is 3.50. The van der Waals surface area contributed by atoms with Gasteiger partial charge in [-0.05, 0) is 71.1 Å². The molecule has 1 aliphatic carbocycles. The number of nitrogens with one attached hydrogen (secondary N) is 2. The number of fused-ring (bicyclic) bond motifs is 1. The summed E-state index contributed by atoms with van der Waals surface area (Å²) in [6.45, 7) is 7.81. The van der Waals surface area contributed by atoms with E-state index in [1.807, 2.05) is 0 Å². The van der Waals surface area contributed by atoms with Gasteiger partial charge in [-0.25, -0.2) is 4.79 Å². The minimum atomic E-state index is -0.592. The van der Waals surface area contributed by atoms with E-state index >= 15 is 0 Å². The van der Waals surface area contributed by atoms with Gasteiger partial charge >= 0.3 is 6.09 Å². The quantitative estimate of drug-likeness (QED) is 0.239. The highest BCUT2D eigenvalue weighted by Crippen LogP contribution is 2.34. The molecule has 1 aliphatic heterocycles. The van der Waals surface area contributed by atoms with Gasteiger partial charge in [0, 0.05) is 43.9 Å². The van der Waals surface area contributed by atoms with E-state index < -0.39 is 29.3 Å². The predicted molar refractivity (Wildman–Crippen MR) is 174 cm³/mol. The molecule has 1 aromatic heterocycles. The number of unbranched alkanes of at least 4 members (excludes halogenated alkanes) is 2. The van der Waals surface area contributed by atoms with Crippen molar-refractivity contribution < 1.29 is 43.0 Å². The summed E-state index contributed by atoms with van der Waals surface area (Å²) in [5, 5.41) is 5.51. The van der Waals surface area contributed by atoms with E-state index in [9.17, 15) is 28.8 Å². The molecule has 0 radical (unpaired) electrons. The summed E-state index contributed by atoms with van der Waals surface area (Å²) in [7, 11) is 2.98. The van der Waals surface area contributed by atoms with Crippen molar-refractivity contribution >= 4 is 35.4 Å². The number of rotatable bonds is 13. The van der Waals surface area contributed by atoms with Gasteiger partial charge in [0.2, 0.25) is 23.4 Å². The number of alkyl carbamates (subject to hydrolysis) is 1. The number of hydrogen-bond donors (Lipinski definition) is 2. The summed E-state index contributed by atoms with van der Waals surface area (Å²) in [6, 6.07) is 6.83. The molecule has 4 amide bonds. The van der Waals surface area contributed by atoms with Gasteiger partial charge in [0.1, 0.15) is 17.0 Å². The van der Waals surface area contributed by atoms with Gasteiger partial charge in [0.15, 0.2) is 12.4 Å². The number of carbonyl (C=O) groups is 6. The van der Waals surface area contributed by atoms with E-state index in [1.165, 1.54) is 7.11 Å². The molecule has 2 N–H and O–H groups in total. The molecule has 1 fully saturated rings. The summed E-state index contributed by atoms with van der Waals surface area (Å²) in [5.41, 5.74) is 1.55. The second-order valence-electron chi connectivity index (χ2n) is 12.9. The molecule has 1 unspecified atom stereocenters. The van der Waals surface area contributed by atoms with Gasteiger partial charge in [-0.3, -0.25) is 28.9 Å². The molecule has 2 heterocycles. The van der Waals surface area contributed by atoms with Crippen molar-refractivity contribution in [1.29, 1.82) is 0 Å². The van der Waals surface area contributed by atoms with Crippen LogP contribution in [0.15, 0.2) is 36.1 Å². The Bertz CT molecular complexity index is 1620. The number of ketones is 2. The first-order valence-electron chi connectivity index (χ1n) is 16.0. The molecular formula is C35H44N4O9. The molecule has 258 valence electrons. The Labute approximate surface area is 279 Å². The molecule has 0 spiro atoms. The van der Waals surface area contributed by atoms with Crippen molar-refractivity contribution in [2.45, 2.75) is 77.9 Å². The number of piperidine rings is 1. The van der Waals surface area contributed by atoms with E-state index in [0.29, 0.717) is 42.1 Å². The number of benzene rings is 1. The second kappa shape index (κ2) is 15.3. The first kappa shape index (κ1) is 35.9. The van der Waals surface area contributed by atoms with Crippen molar-refractivity contribution in [2.24, 2.45) is 7.05 Å². The SMILES string of the molecule is COC1=CC(=O)c2c(c(CN3C(=O)CCC(c4ccc(OCC(=O)NCCCCCNC(=O)OC(C)(C)C)cc4)C3=O)c(C)n2C)C1=O. The van der Waals surface area contributed by atoms with Crippen LogP contribution in [0.2, 0.25) is 0 Å². The number of methoxy groups -OCH3 is 1. The maximum absolute atomic E-state index is 13.7. The monoisotopic (exact) mass is 664 g/mol. The average Bonchev–Trinajstić information content (AvgIpc) is 3.28. The number of ether oxygens (including phenoxy) is 3. The van der Waals surface area contributed by atoms with Gasteiger partial charge in [-0.15, -0.1) is 0 Å². The molecular weight excluding hydrogens is 620 g/mol. The highest BCUT2D eigenvalue weighted by molar-refractivity contribution is 6.24. The van der Waals surface area contributed by atoms with Crippen molar-refractivity contribution in [2.75, 3.05) is 26.8 Å². The summed E-state index contributed by atoms with van der Waals surface area (Å²) in [5.74, 6) is -2.09. The van der Waals surface area contributed by atoms with Gasteiger partial charge in [-0.2, -0.15) is 0 Å². The number of imide groups is 1. The number of carbonyl (C=O) groups excluding carboxylic acids is 6. The van der Waals surface area contributed by atoms with Crippen molar-refractivity contribution in [3.63, 3.8) is 0 Å². The standard InChI is InChI=1S/C35H44N4O9/c1-21-25(30-31(38(21)5)26(40)18-27(46-6)32(30)43)19-39-29(42)15-14-24(33(39)44)22-10-12-23(13-11-22)47-20-28(41)36-16-8-7-9-17-37-34(45)48-35(2,3)4/h10-13,18,24H,7-9,14-17,19-20H2,1-6H3,(H,36,41)(H,37,45). The largest absolute Gasteiger partial charge is 0.492 e. The number of hydrogen-bond acceptors (Lipinski definition) is 9. The van der Waals surface area contributed by atoms with Gasteiger partial charge < -0.3 is 29.4 Å². The molecule has 48 heavy (non-hydrogen) atoms. The Morgan fingerprint density at radius 1 is 0.979 bits per heavy atom. The Hall–Kier alpha value is -4.94. The van der Waals surface area contributed by atoms with Crippen molar-refractivity contribution in [3.05, 3.63) is 64.2 Å². The Balaban J connectivity index is 1.27. The third-order valence-electron chi connectivity index (χ3n) is 8.30.